The lowest BCUT2D eigenvalue weighted by Gasteiger charge is -2.13. The summed E-state index contributed by atoms with van der Waals surface area (Å²) in [7, 11) is 0. The molecule has 1 aromatic carbocycles. The highest BCUT2D eigenvalue weighted by molar-refractivity contribution is 5.43. The normalized spacial score (nSPS) is 10.5. The first-order chi connectivity index (χ1) is 10.8. The Balaban J connectivity index is 2.39. The Labute approximate surface area is 133 Å². The van der Waals surface area contributed by atoms with Crippen LogP contribution in [0.25, 0.3) is 0 Å². The van der Waals surface area contributed by atoms with E-state index in [1.54, 1.807) is 6.08 Å². The standard InChI is InChI=1S/C17H28N2O3/c1-3-12-22-16-7-6-15(13-17(16)21-4-2)14-19-9-5-8-18-10-11-20/h3,6-7,13,18-20H,1,4-5,8-12,14H2,2H3. The third-order valence-corrected chi connectivity index (χ3v) is 2.99. The SMILES string of the molecule is C=CCOc1ccc(CNCCCNCCO)cc1OCC. The Morgan fingerprint density at radius 3 is 2.68 bits per heavy atom. The summed E-state index contributed by atoms with van der Waals surface area (Å²) in [5.41, 5.74) is 1.16. The second-order valence-electron chi connectivity index (χ2n) is 4.82. The van der Waals surface area contributed by atoms with Crippen molar-refractivity contribution in [3.63, 3.8) is 0 Å². The molecule has 0 saturated carbocycles. The fourth-order valence-corrected chi connectivity index (χ4v) is 1.97. The molecule has 0 fully saturated rings. The molecule has 0 unspecified atom stereocenters. The third-order valence-electron chi connectivity index (χ3n) is 2.99. The molecule has 1 aromatic rings. The van der Waals surface area contributed by atoms with Crippen molar-refractivity contribution < 1.29 is 14.6 Å². The maximum absolute atomic E-state index is 8.66. The van der Waals surface area contributed by atoms with Crippen molar-refractivity contribution in [2.45, 2.75) is 19.9 Å². The van der Waals surface area contributed by atoms with Gasteiger partial charge >= 0.3 is 0 Å². The molecule has 3 N–H and O–H groups in total. The minimum Gasteiger partial charge on any atom is -0.490 e. The van der Waals surface area contributed by atoms with Crippen LogP contribution in [0.5, 0.6) is 11.5 Å². The number of hydrogen-bond acceptors (Lipinski definition) is 5. The zero-order chi connectivity index (χ0) is 16.0. The van der Waals surface area contributed by atoms with E-state index in [-0.39, 0.29) is 6.61 Å². The van der Waals surface area contributed by atoms with E-state index in [0.29, 0.717) is 19.8 Å². The van der Waals surface area contributed by atoms with E-state index in [2.05, 4.69) is 17.2 Å². The van der Waals surface area contributed by atoms with Gasteiger partial charge in [-0.05, 0) is 44.1 Å². The molecule has 1 rings (SSSR count). The van der Waals surface area contributed by atoms with E-state index < -0.39 is 0 Å². The largest absolute Gasteiger partial charge is 0.490 e. The van der Waals surface area contributed by atoms with Gasteiger partial charge in [-0.1, -0.05) is 18.7 Å². The van der Waals surface area contributed by atoms with Crippen molar-refractivity contribution >= 4 is 0 Å². The number of benzene rings is 1. The zero-order valence-corrected chi connectivity index (χ0v) is 13.4. The summed E-state index contributed by atoms with van der Waals surface area (Å²) in [4.78, 5) is 0. The second kappa shape index (κ2) is 12.0. The maximum Gasteiger partial charge on any atom is 0.161 e. The predicted molar refractivity (Wildman–Crippen MR) is 89.6 cm³/mol. The first-order valence-electron chi connectivity index (χ1n) is 7.83. The monoisotopic (exact) mass is 308 g/mol. The van der Waals surface area contributed by atoms with E-state index in [0.717, 1.165) is 43.1 Å². The highest BCUT2D eigenvalue weighted by atomic mass is 16.5. The molecule has 0 aliphatic heterocycles. The molecule has 0 saturated heterocycles. The molecular weight excluding hydrogens is 280 g/mol. The van der Waals surface area contributed by atoms with Gasteiger partial charge in [0, 0.05) is 13.1 Å². The first kappa shape index (κ1) is 18.5. The predicted octanol–water partition coefficient (Wildman–Crippen LogP) is 1.71. The molecule has 5 heteroatoms. The van der Waals surface area contributed by atoms with Gasteiger partial charge in [0.15, 0.2) is 11.5 Å². The van der Waals surface area contributed by atoms with Gasteiger partial charge in [-0.25, -0.2) is 0 Å². The van der Waals surface area contributed by atoms with Crippen molar-refractivity contribution in [3.05, 3.63) is 36.4 Å². The van der Waals surface area contributed by atoms with Crippen molar-refractivity contribution in [2.24, 2.45) is 0 Å². The summed E-state index contributed by atoms with van der Waals surface area (Å²) >= 11 is 0. The van der Waals surface area contributed by atoms with Crippen LogP contribution in [0.1, 0.15) is 18.9 Å². The van der Waals surface area contributed by atoms with Crippen LogP contribution in [0.3, 0.4) is 0 Å². The number of nitrogens with one attached hydrogen (secondary N) is 2. The Bertz CT molecular complexity index is 424. The van der Waals surface area contributed by atoms with Crippen molar-refractivity contribution in [3.8, 4) is 11.5 Å². The first-order valence-corrected chi connectivity index (χ1v) is 7.83. The average molecular weight is 308 g/mol. The Morgan fingerprint density at radius 1 is 1.14 bits per heavy atom. The summed E-state index contributed by atoms with van der Waals surface area (Å²) in [5, 5.41) is 15.2. The number of aliphatic hydroxyl groups is 1. The molecule has 0 spiro atoms. The number of rotatable bonds is 13. The summed E-state index contributed by atoms with van der Waals surface area (Å²) in [5.74, 6) is 1.52. The van der Waals surface area contributed by atoms with Gasteiger partial charge < -0.3 is 25.2 Å². The Hall–Kier alpha value is -1.56. The summed E-state index contributed by atoms with van der Waals surface area (Å²) in [6, 6.07) is 5.99. The van der Waals surface area contributed by atoms with E-state index in [4.69, 9.17) is 14.6 Å². The van der Waals surface area contributed by atoms with Gasteiger partial charge in [-0.3, -0.25) is 0 Å². The van der Waals surface area contributed by atoms with Crippen LogP contribution in [-0.4, -0.2) is 44.6 Å². The molecular formula is C17H28N2O3. The number of hydrogen-bond donors (Lipinski definition) is 3. The molecule has 22 heavy (non-hydrogen) atoms. The van der Waals surface area contributed by atoms with Gasteiger partial charge in [0.1, 0.15) is 6.61 Å². The lowest BCUT2D eigenvalue weighted by molar-refractivity contribution is 0.292. The van der Waals surface area contributed by atoms with E-state index in [1.807, 2.05) is 25.1 Å². The molecule has 0 aliphatic rings. The summed E-state index contributed by atoms with van der Waals surface area (Å²) in [6.07, 6.45) is 2.74. The smallest absolute Gasteiger partial charge is 0.161 e. The molecule has 5 nitrogen and oxygen atoms in total. The van der Waals surface area contributed by atoms with Crippen LogP contribution in [-0.2, 0) is 6.54 Å². The van der Waals surface area contributed by atoms with Crippen molar-refractivity contribution in [1.29, 1.82) is 0 Å². The lowest BCUT2D eigenvalue weighted by atomic mass is 10.2. The summed E-state index contributed by atoms with van der Waals surface area (Å²) in [6.45, 7) is 10.2. The van der Waals surface area contributed by atoms with Crippen LogP contribution < -0.4 is 20.1 Å². The molecule has 0 atom stereocenters. The minimum atomic E-state index is 0.188. The molecule has 0 bridgehead atoms. The molecule has 124 valence electrons. The molecule has 0 amide bonds. The molecule has 0 heterocycles. The third kappa shape index (κ3) is 7.45. The molecule has 0 aliphatic carbocycles. The number of ether oxygens (including phenoxy) is 2. The van der Waals surface area contributed by atoms with E-state index in [9.17, 15) is 0 Å². The Morgan fingerprint density at radius 2 is 1.95 bits per heavy atom. The maximum atomic E-state index is 8.66. The highest BCUT2D eigenvalue weighted by Crippen LogP contribution is 2.28. The van der Waals surface area contributed by atoms with Gasteiger partial charge in [0.05, 0.1) is 13.2 Å². The fourth-order valence-electron chi connectivity index (χ4n) is 1.97. The Kier molecular flexibility index (Phi) is 10.1. The van der Waals surface area contributed by atoms with Gasteiger partial charge in [0.25, 0.3) is 0 Å². The highest BCUT2D eigenvalue weighted by Gasteiger charge is 2.06. The van der Waals surface area contributed by atoms with E-state index in [1.165, 1.54) is 0 Å². The number of aliphatic hydroxyl groups excluding tert-OH is 1. The lowest BCUT2D eigenvalue weighted by Crippen LogP contribution is -2.23. The van der Waals surface area contributed by atoms with Gasteiger partial charge in [-0.15, -0.1) is 0 Å². The van der Waals surface area contributed by atoms with Crippen LogP contribution in [0.4, 0.5) is 0 Å². The fraction of sp³-hybridized carbons (Fsp3) is 0.529. The molecule has 0 radical (unpaired) electrons. The quantitative estimate of drug-likeness (QED) is 0.382. The topological polar surface area (TPSA) is 62.8 Å². The molecule has 0 aromatic heterocycles. The van der Waals surface area contributed by atoms with Crippen LogP contribution >= 0.6 is 0 Å². The van der Waals surface area contributed by atoms with Crippen LogP contribution in [0.15, 0.2) is 30.9 Å². The summed E-state index contributed by atoms with van der Waals surface area (Å²) < 4.78 is 11.2. The van der Waals surface area contributed by atoms with Gasteiger partial charge in [-0.2, -0.15) is 0 Å². The zero-order valence-electron chi connectivity index (χ0n) is 13.4. The average Bonchev–Trinajstić information content (AvgIpc) is 2.53. The van der Waals surface area contributed by atoms with Crippen LogP contribution in [0.2, 0.25) is 0 Å². The second-order valence-corrected chi connectivity index (χ2v) is 4.82. The minimum absolute atomic E-state index is 0.188. The van der Waals surface area contributed by atoms with Crippen molar-refractivity contribution in [1.82, 2.24) is 10.6 Å². The van der Waals surface area contributed by atoms with Gasteiger partial charge in [0.2, 0.25) is 0 Å². The van der Waals surface area contributed by atoms with Crippen LogP contribution in [0, 0.1) is 0 Å². The van der Waals surface area contributed by atoms with Crippen molar-refractivity contribution in [2.75, 3.05) is 39.5 Å². The van der Waals surface area contributed by atoms with E-state index >= 15 is 0 Å².